The van der Waals surface area contributed by atoms with Crippen LogP contribution >= 0.6 is 0 Å². The van der Waals surface area contributed by atoms with Crippen molar-refractivity contribution >= 4 is 57.2 Å². The molecular formula is C85H65BN2. The van der Waals surface area contributed by atoms with E-state index in [1.165, 1.54) is 11.1 Å². The summed E-state index contributed by atoms with van der Waals surface area (Å²) in [5.41, 5.74) is 23.2. The molecule has 1 aliphatic carbocycles. The molecule has 0 radical (unpaired) electrons. The van der Waals surface area contributed by atoms with Crippen LogP contribution in [0.4, 0.5) is 34.1 Å². The summed E-state index contributed by atoms with van der Waals surface area (Å²) in [4.78, 5) is 4.72. The molecule has 0 fully saturated rings. The van der Waals surface area contributed by atoms with Gasteiger partial charge in [0, 0.05) is 45.0 Å². The van der Waals surface area contributed by atoms with Crippen molar-refractivity contribution in [2.45, 2.75) is 45.4 Å². The topological polar surface area (TPSA) is 6.48 Å². The lowest BCUT2D eigenvalue weighted by Gasteiger charge is -2.45. The third-order valence-corrected chi connectivity index (χ3v) is 18.3. The van der Waals surface area contributed by atoms with Crippen molar-refractivity contribution in [2.75, 3.05) is 9.80 Å². The van der Waals surface area contributed by atoms with Gasteiger partial charge in [-0.15, -0.1) is 0 Å². The maximum Gasteiger partial charge on any atom is 0.252 e. The molecule has 0 unspecified atom stereocenters. The lowest BCUT2D eigenvalue weighted by atomic mass is 9.33. The van der Waals surface area contributed by atoms with Gasteiger partial charge in [-0.3, -0.25) is 0 Å². The van der Waals surface area contributed by atoms with Crippen molar-refractivity contribution in [3.05, 3.63) is 320 Å². The van der Waals surface area contributed by atoms with Crippen molar-refractivity contribution in [3.63, 3.8) is 0 Å². The fourth-order valence-electron chi connectivity index (χ4n) is 14.1. The van der Waals surface area contributed by atoms with Crippen LogP contribution in [0.1, 0.15) is 65.0 Å². The number of anilines is 6. The van der Waals surface area contributed by atoms with E-state index in [0.717, 1.165) is 111 Å². The highest BCUT2D eigenvalue weighted by Crippen LogP contribution is 2.56. The van der Waals surface area contributed by atoms with Gasteiger partial charge in [0.25, 0.3) is 6.71 Å². The minimum Gasteiger partial charge on any atom is -0.311 e. The molecule has 0 spiro atoms. The summed E-state index contributed by atoms with van der Waals surface area (Å²) < 4.78 is 91.6. The van der Waals surface area contributed by atoms with Crippen LogP contribution < -0.4 is 26.2 Å². The quantitative estimate of drug-likeness (QED) is 0.133. The van der Waals surface area contributed by atoms with E-state index >= 15 is 0 Å². The molecule has 0 N–H and O–H groups in total. The van der Waals surface area contributed by atoms with E-state index in [9.17, 15) is 5.48 Å². The maximum absolute atomic E-state index is 9.54. The third-order valence-electron chi connectivity index (χ3n) is 18.3. The summed E-state index contributed by atoms with van der Waals surface area (Å²) in [7, 11) is 0. The van der Waals surface area contributed by atoms with Crippen LogP contribution in [0.15, 0.2) is 303 Å². The second-order valence-electron chi connectivity index (χ2n) is 24.9. The molecule has 2 heterocycles. The van der Waals surface area contributed by atoms with Gasteiger partial charge in [0.05, 0.1) is 19.4 Å². The molecule has 0 saturated heterocycles. The van der Waals surface area contributed by atoms with E-state index in [2.05, 4.69) is 214 Å². The van der Waals surface area contributed by atoms with Crippen LogP contribution in [0.5, 0.6) is 0 Å². The fraction of sp³-hybridized carbons (Fsp3) is 0.0824. The van der Waals surface area contributed by atoms with Crippen molar-refractivity contribution in [1.82, 2.24) is 0 Å². The van der Waals surface area contributed by atoms with Crippen LogP contribution in [0.2, 0.25) is 0 Å². The molecule has 13 aromatic carbocycles. The SMILES string of the molecule is [2H]c1c([2H])c([2H])c(-c2ccc3c(c2)N(c2cc(-c4ccccc4)cc(-c4ccccc4)c2)c2cc(-c4cccc5c4-c4ccccc4C5(C)C)cc4c2B3c2ccc(-c3c([2H])c([2H])c([2H])c([2H])c3[2H])cc2N4c2c(-c3ccccc3)cc(C(C)(C)C)cc2-c2ccccc2)c([2H])c1[2H]. The summed E-state index contributed by atoms with van der Waals surface area (Å²) in [5, 5.41) is 0. The van der Waals surface area contributed by atoms with E-state index in [4.69, 9.17) is 8.22 Å². The molecular weight excluding hydrogens is 1060 g/mol. The molecule has 0 aromatic heterocycles. The Morgan fingerprint density at radius 3 is 1.31 bits per heavy atom. The lowest BCUT2D eigenvalue weighted by molar-refractivity contribution is 0.591. The van der Waals surface area contributed by atoms with E-state index in [-0.39, 0.29) is 46.1 Å². The molecule has 2 nitrogen and oxygen atoms in total. The summed E-state index contributed by atoms with van der Waals surface area (Å²) >= 11 is 0. The first-order valence-corrected chi connectivity index (χ1v) is 30.2. The lowest BCUT2D eigenvalue weighted by Crippen LogP contribution is -2.61. The van der Waals surface area contributed by atoms with Crippen LogP contribution in [0, 0.1) is 0 Å². The Hall–Kier alpha value is -10.5. The fourth-order valence-corrected chi connectivity index (χ4v) is 14.1. The zero-order chi connectivity index (χ0) is 68.0. The Labute approximate surface area is 532 Å². The number of fused-ring (bicyclic) bond motifs is 7. The number of hydrogen-bond donors (Lipinski definition) is 0. The Balaban J connectivity index is 1.12. The average molecular weight is 1140 g/mol. The number of rotatable bonds is 9. The van der Waals surface area contributed by atoms with E-state index in [1.54, 1.807) is 0 Å². The van der Waals surface area contributed by atoms with Crippen molar-refractivity contribution < 1.29 is 13.7 Å². The second-order valence-corrected chi connectivity index (χ2v) is 24.9. The Kier molecular flexibility index (Phi) is 10.3. The maximum atomic E-state index is 9.54. The van der Waals surface area contributed by atoms with Gasteiger partial charge in [-0.2, -0.15) is 0 Å². The molecule has 0 amide bonds. The monoisotopic (exact) mass is 1130 g/mol. The highest BCUT2D eigenvalue weighted by atomic mass is 15.2. The van der Waals surface area contributed by atoms with Crippen molar-refractivity contribution in [3.8, 4) is 89.0 Å². The van der Waals surface area contributed by atoms with Gasteiger partial charge in [0.15, 0.2) is 0 Å². The number of nitrogens with zero attached hydrogens (tertiary/aromatic N) is 2. The molecule has 0 bridgehead atoms. The van der Waals surface area contributed by atoms with Gasteiger partial charge in [-0.25, -0.2) is 0 Å². The highest BCUT2D eigenvalue weighted by Gasteiger charge is 2.46. The van der Waals surface area contributed by atoms with Gasteiger partial charge in [-0.1, -0.05) is 283 Å². The molecule has 13 aromatic rings. The zero-order valence-corrected chi connectivity index (χ0v) is 49.6. The predicted molar refractivity (Wildman–Crippen MR) is 375 cm³/mol. The van der Waals surface area contributed by atoms with Crippen LogP contribution in [-0.4, -0.2) is 6.71 Å². The second kappa shape index (κ2) is 20.9. The molecule has 3 heteroatoms. The Morgan fingerprint density at radius 1 is 0.341 bits per heavy atom. The molecule has 3 aliphatic rings. The van der Waals surface area contributed by atoms with Gasteiger partial charge in [-0.05, 0) is 171 Å². The first-order chi connectivity index (χ1) is 47.2. The highest BCUT2D eigenvalue weighted by molar-refractivity contribution is 7.00. The Morgan fingerprint density at radius 2 is 0.784 bits per heavy atom. The minimum atomic E-state index is -0.587. The van der Waals surface area contributed by atoms with Gasteiger partial charge < -0.3 is 9.80 Å². The van der Waals surface area contributed by atoms with Gasteiger partial charge in [0.1, 0.15) is 0 Å². The predicted octanol–water partition coefficient (Wildman–Crippen LogP) is 21.0. The largest absolute Gasteiger partial charge is 0.311 e. The standard InChI is InChI=1S/C85H65BN2/c1-84(2,3)67-54-71(60-35-20-10-21-36-60)83(72(55-67)61-37-22-11-23-38-61)88-78-51-63(57-29-14-7-15-30-57)44-46-76(78)86-75-45-43-62(56-27-12-6-13-28-56)50-77(75)87(68-48-64(58-31-16-8-17-32-58)47-65(49-68)59-33-18-9-19-34-59)79-52-66(53-80(88)82(79)86)69-40-26-42-74-81(69)70-39-24-25-41-73(70)85(74,4)5/h6-55H,1-5H3/i6D,7D,12D,13D,14D,15D,27D,28D,29D,30D. The first kappa shape index (κ1) is 43.2. The van der Waals surface area contributed by atoms with Crippen LogP contribution in [0.3, 0.4) is 0 Å². The van der Waals surface area contributed by atoms with E-state index in [1.807, 2.05) is 72.8 Å². The molecule has 418 valence electrons. The molecule has 0 saturated carbocycles. The van der Waals surface area contributed by atoms with E-state index in [0.29, 0.717) is 22.5 Å². The van der Waals surface area contributed by atoms with Crippen molar-refractivity contribution in [2.24, 2.45) is 0 Å². The minimum absolute atomic E-state index is 0.0701. The summed E-state index contributed by atoms with van der Waals surface area (Å²) in [6, 6.07) is 80.9. The Bertz CT molecular complexity index is 5300. The number of benzene rings is 13. The van der Waals surface area contributed by atoms with E-state index < -0.39 is 43.0 Å². The zero-order valence-electron chi connectivity index (χ0n) is 59.6. The normalized spacial score (nSPS) is 14.9. The molecule has 0 atom stereocenters. The third kappa shape index (κ3) is 8.78. The molecule has 88 heavy (non-hydrogen) atoms. The molecule has 16 rings (SSSR count). The van der Waals surface area contributed by atoms with Gasteiger partial charge >= 0.3 is 0 Å². The van der Waals surface area contributed by atoms with Gasteiger partial charge in [0.2, 0.25) is 0 Å². The summed E-state index contributed by atoms with van der Waals surface area (Å²) in [6.07, 6.45) is 0. The molecule has 2 aliphatic heterocycles. The van der Waals surface area contributed by atoms with Crippen molar-refractivity contribution in [1.29, 1.82) is 0 Å². The van der Waals surface area contributed by atoms with Crippen LogP contribution in [0.25, 0.3) is 89.0 Å². The average Bonchev–Trinajstić information content (AvgIpc) is 0.747. The summed E-state index contributed by atoms with van der Waals surface area (Å²) in [6.45, 7) is 10.7. The smallest absolute Gasteiger partial charge is 0.252 e. The number of hydrogen-bond acceptors (Lipinski definition) is 2. The summed E-state index contributed by atoms with van der Waals surface area (Å²) in [5.74, 6) is 0. The van der Waals surface area contributed by atoms with Crippen LogP contribution in [-0.2, 0) is 10.8 Å². The first-order valence-electron chi connectivity index (χ1n) is 35.2.